The molecule has 8 heteroatoms. The standard InChI is InChI=1S/C16H16ClN5O.ClH/c17-11-5-3-10(4-6-11)13-12(9-19-21-13)14-20-15(22-23-14)16(18)7-1-2-8-16;/h3-6,9H,1-2,7-8,18H2,(H,19,21);1H. The van der Waals surface area contributed by atoms with Crippen LogP contribution in [0, 0.1) is 0 Å². The van der Waals surface area contributed by atoms with E-state index in [1.807, 2.05) is 24.3 Å². The highest BCUT2D eigenvalue weighted by Gasteiger charge is 2.36. The number of nitrogens with two attached hydrogens (primary N) is 1. The third kappa shape index (κ3) is 2.92. The molecule has 1 aromatic carbocycles. The molecule has 3 aromatic rings. The van der Waals surface area contributed by atoms with E-state index in [4.69, 9.17) is 21.9 Å². The van der Waals surface area contributed by atoms with E-state index in [0.717, 1.165) is 42.5 Å². The second kappa shape index (κ2) is 6.55. The largest absolute Gasteiger partial charge is 0.334 e. The summed E-state index contributed by atoms with van der Waals surface area (Å²) < 4.78 is 5.45. The highest BCUT2D eigenvalue weighted by Crippen LogP contribution is 2.36. The van der Waals surface area contributed by atoms with Gasteiger partial charge in [0.1, 0.15) is 0 Å². The summed E-state index contributed by atoms with van der Waals surface area (Å²) in [5, 5.41) is 11.9. The van der Waals surface area contributed by atoms with Gasteiger partial charge in [0.05, 0.1) is 23.0 Å². The molecule has 0 aliphatic heterocycles. The Bertz CT molecular complexity index is 821. The van der Waals surface area contributed by atoms with Gasteiger partial charge in [-0.25, -0.2) is 0 Å². The SMILES string of the molecule is Cl.NC1(c2noc(-c3cn[nH]c3-c3ccc(Cl)cc3)n2)CCCC1. The predicted molar refractivity (Wildman–Crippen MR) is 93.9 cm³/mol. The van der Waals surface area contributed by atoms with Crippen LogP contribution in [0.1, 0.15) is 31.5 Å². The van der Waals surface area contributed by atoms with E-state index in [9.17, 15) is 0 Å². The van der Waals surface area contributed by atoms with E-state index in [1.165, 1.54) is 0 Å². The van der Waals surface area contributed by atoms with E-state index < -0.39 is 5.54 Å². The van der Waals surface area contributed by atoms with Crippen LogP contribution < -0.4 is 5.73 Å². The van der Waals surface area contributed by atoms with Gasteiger partial charge in [0, 0.05) is 10.6 Å². The fraction of sp³-hybridized carbons (Fsp3) is 0.312. The van der Waals surface area contributed by atoms with Crippen LogP contribution in [0.4, 0.5) is 0 Å². The normalized spacial score (nSPS) is 16.1. The lowest BCUT2D eigenvalue weighted by molar-refractivity contribution is 0.372. The van der Waals surface area contributed by atoms with Crippen molar-refractivity contribution in [3.05, 3.63) is 41.3 Å². The number of aromatic nitrogens is 4. The molecule has 0 atom stereocenters. The second-order valence-corrected chi connectivity index (χ2v) is 6.39. The van der Waals surface area contributed by atoms with Crippen LogP contribution in [0.2, 0.25) is 5.02 Å². The monoisotopic (exact) mass is 365 g/mol. The van der Waals surface area contributed by atoms with Gasteiger partial charge in [-0.2, -0.15) is 10.1 Å². The number of halogens is 2. The van der Waals surface area contributed by atoms with Gasteiger partial charge in [-0.3, -0.25) is 5.10 Å². The van der Waals surface area contributed by atoms with Crippen LogP contribution in [0.5, 0.6) is 0 Å². The molecule has 0 radical (unpaired) electrons. The molecule has 0 saturated heterocycles. The van der Waals surface area contributed by atoms with E-state index in [2.05, 4.69) is 20.3 Å². The lowest BCUT2D eigenvalue weighted by Gasteiger charge is -2.17. The van der Waals surface area contributed by atoms with E-state index in [0.29, 0.717) is 16.7 Å². The fourth-order valence-corrected chi connectivity index (χ4v) is 3.18. The van der Waals surface area contributed by atoms with Crippen molar-refractivity contribution in [2.75, 3.05) is 0 Å². The van der Waals surface area contributed by atoms with Crippen molar-refractivity contribution in [2.24, 2.45) is 5.73 Å². The number of nitrogens with zero attached hydrogens (tertiary/aromatic N) is 3. The lowest BCUT2D eigenvalue weighted by atomic mass is 9.98. The Labute approximate surface area is 150 Å². The molecule has 0 spiro atoms. The van der Waals surface area contributed by atoms with Gasteiger partial charge in [0.25, 0.3) is 5.89 Å². The molecule has 0 unspecified atom stereocenters. The van der Waals surface area contributed by atoms with Crippen molar-refractivity contribution >= 4 is 24.0 Å². The fourth-order valence-electron chi connectivity index (χ4n) is 3.05. The molecule has 126 valence electrons. The first-order valence-corrected chi connectivity index (χ1v) is 7.96. The molecular formula is C16H17Cl2N5O. The Kier molecular flexibility index (Phi) is 4.62. The molecule has 6 nitrogen and oxygen atoms in total. The van der Waals surface area contributed by atoms with Crippen LogP contribution in [0.25, 0.3) is 22.7 Å². The van der Waals surface area contributed by atoms with Crippen LogP contribution in [-0.4, -0.2) is 20.3 Å². The zero-order chi connectivity index (χ0) is 15.9. The van der Waals surface area contributed by atoms with Gasteiger partial charge < -0.3 is 10.3 Å². The van der Waals surface area contributed by atoms with Crippen molar-refractivity contribution < 1.29 is 4.52 Å². The van der Waals surface area contributed by atoms with Crippen molar-refractivity contribution in [3.8, 4) is 22.7 Å². The van der Waals surface area contributed by atoms with E-state index >= 15 is 0 Å². The van der Waals surface area contributed by atoms with E-state index in [-0.39, 0.29) is 12.4 Å². The van der Waals surface area contributed by atoms with Crippen LogP contribution in [-0.2, 0) is 5.54 Å². The maximum Gasteiger partial charge on any atom is 0.261 e. The molecule has 3 N–H and O–H groups in total. The zero-order valence-electron chi connectivity index (χ0n) is 12.8. The van der Waals surface area contributed by atoms with Gasteiger partial charge in [-0.15, -0.1) is 12.4 Å². The Morgan fingerprint density at radius 1 is 1.17 bits per heavy atom. The summed E-state index contributed by atoms with van der Waals surface area (Å²) >= 11 is 5.94. The van der Waals surface area contributed by atoms with Crippen LogP contribution in [0.3, 0.4) is 0 Å². The number of benzene rings is 1. The first-order chi connectivity index (χ1) is 11.2. The predicted octanol–water partition coefficient (Wildman–Crippen LogP) is 3.93. The summed E-state index contributed by atoms with van der Waals surface area (Å²) in [5.41, 5.74) is 8.44. The minimum absolute atomic E-state index is 0. The Morgan fingerprint density at radius 3 is 2.58 bits per heavy atom. The molecule has 2 heterocycles. The number of rotatable bonds is 3. The molecule has 1 aliphatic carbocycles. The number of aromatic amines is 1. The topological polar surface area (TPSA) is 93.6 Å². The summed E-state index contributed by atoms with van der Waals surface area (Å²) in [6.45, 7) is 0. The number of hydrogen-bond acceptors (Lipinski definition) is 5. The number of H-pyrrole nitrogens is 1. The molecule has 1 saturated carbocycles. The summed E-state index contributed by atoms with van der Waals surface area (Å²) in [5.74, 6) is 1.00. The molecular weight excluding hydrogens is 349 g/mol. The maximum absolute atomic E-state index is 6.39. The van der Waals surface area contributed by atoms with Gasteiger partial charge in [-0.05, 0) is 25.0 Å². The van der Waals surface area contributed by atoms with Gasteiger partial charge in [-0.1, -0.05) is 41.7 Å². The minimum Gasteiger partial charge on any atom is -0.334 e. The van der Waals surface area contributed by atoms with Crippen LogP contribution >= 0.6 is 24.0 Å². The quantitative estimate of drug-likeness (QED) is 0.733. The summed E-state index contributed by atoms with van der Waals surface area (Å²) in [6, 6.07) is 7.48. The third-order valence-corrected chi connectivity index (χ3v) is 4.62. The minimum atomic E-state index is -0.466. The molecule has 0 amide bonds. The maximum atomic E-state index is 6.39. The highest BCUT2D eigenvalue weighted by molar-refractivity contribution is 6.30. The Balaban J connectivity index is 0.00000169. The van der Waals surface area contributed by atoms with Gasteiger partial charge in [0.15, 0.2) is 5.82 Å². The third-order valence-electron chi connectivity index (χ3n) is 4.37. The van der Waals surface area contributed by atoms with Crippen molar-refractivity contribution in [1.29, 1.82) is 0 Å². The van der Waals surface area contributed by atoms with Crippen molar-refractivity contribution in [1.82, 2.24) is 20.3 Å². The average molecular weight is 366 g/mol. The summed E-state index contributed by atoms with van der Waals surface area (Å²) in [4.78, 5) is 4.52. The molecule has 0 bridgehead atoms. The summed E-state index contributed by atoms with van der Waals surface area (Å²) in [6.07, 6.45) is 5.66. The second-order valence-electron chi connectivity index (χ2n) is 5.95. The molecule has 2 aromatic heterocycles. The number of hydrogen-bond donors (Lipinski definition) is 2. The Morgan fingerprint density at radius 2 is 1.88 bits per heavy atom. The van der Waals surface area contributed by atoms with Gasteiger partial charge in [0.2, 0.25) is 0 Å². The highest BCUT2D eigenvalue weighted by atomic mass is 35.5. The molecule has 24 heavy (non-hydrogen) atoms. The molecule has 1 fully saturated rings. The van der Waals surface area contributed by atoms with Crippen LogP contribution in [0.15, 0.2) is 35.0 Å². The first kappa shape index (κ1) is 17.0. The smallest absolute Gasteiger partial charge is 0.261 e. The average Bonchev–Trinajstić information content (AvgIpc) is 3.27. The Hall–Kier alpha value is -1.89. The van der Waals surface area contributed by atoms with Crippen molar-refractivity contribution in [2.45, 2.75) is 31.2 Å². The van der Waals surface area contributed by atoms with Gasteiger partial charge >= 0.3 is 0 Å². The molecule has 4 rings (SSSR count). The lowest BCUT2D eigenvalue weighted by Crippen LogP contribution is -2.34. The molecule has 1 aliphatic rings. The zero-order valence-corrected chi connectivity index (χ0v) is 14.4. The summed E-state index contributed by atoms with van der Waals surface area (Å²) in [7, 11) is 0. The van der Waals surface area contributed by atoms with E-state index in [1.54, 1.807) is 6.20 Å². The first-order valence-electron chi connectivity index (χ1n) is 7.58. The number of nitrogens with one attached hydrogen (secondary N) is 1. The van der Waals surface area contributed by atoms with Crippen molar-refractivity contribution in [3.63, 3.8) is 0 Å².